The van der Waals surface area contributed by atoms with Crippen molar-refractivity contribution in [1.29, 1.82) is 0 Å². The highest BCUT2D eigenvalue weighted by molar-refractivity contribution is 7.99. The number of anilines is 2. The van der Waals surface area contributed by atoms with Gasteiger partial charge in [-0.15, -0.1) is 10.2 Å². The fraction of sp³-hybridized carbons (Fsp3) is 0.200. The number of benzene rings is 2. The molecule has 0 radical (unpaired) electrons. The Kier molecular flexibility index (Phi) is 7.36. The Hall–Kier alpha value is -2.55. The van der Waals surface area contributed by atoms with Crippen molar-refractivity contribution in [2.45, 2.75) is 18.5 Å². The molecule has 156 valence electrons. The van der Waals surface area contributed by atoms with E-state index in [1.54, 1.807) is 29.8 Å². The molecule has 0 aliphatic rings. The molecular formula is C20H19Cl2N5O2S. The molecular weight excluding hydrogens is 445 g/mol. The van der Waals surface area contributed by atoms with Crippen LogP contribution in [0.25, 0.3) is 0 Å². The molecule has 0 aliphatic heterocycles. The number of carbonyl (C=O) groups is 2. The topological polar surface area (TPSA) is 88.9 Å². The Balaban J connectivity index is 1.54. The molecule has 30 heavy (non-hydrogen) atoms. The minimum atomic E-state index is -0.222. The normalized spacial score (nSPS) is 10.7. The van der Waals surface area contributed by atoms with Gasteiger partial charge < -0.3 is 15.2 Å². The van der Waals surface area contributed by atoms with Gasteiger partial charge in [0.05, 0.1) is 22.2 Å². The maximum Gasteiger partial charge on any atom is 0.234 e. The predicted octanol–water partition coefficient (Wildman–Crippen LogP) is 4.34. The van der Waals surface area contributed by atoms with Crippen molar-refractivity contribution >= 4 is 58.2 Å². The number of nitrogens with zero attached hydrogens (tertiary/aromatic N) is 3. The van der Waals surface area contributed by atoms with Crippen molar-refractivity contribution in [3.8, 4) is 0 Å². The molecule has 0 atom stereocenters. The van der Waals surface area contributed by atoms with Gasteiger partial charge in [0.25, 0.3) is 0 Å². The number of aromatic nitrogens is 3. The third-order valence-electron chi connectivity index (χ3n) is 4.20. The van der Waals surface area contributed by atoms with E-state index in [2.05, 4.69) is 20.8 Å². The Bertz CT molecular complexity index is 1090. The van der Waals surface area contributed by atoms with Crippen LogP contribution >= 0.6 is 35.0 Å². The summed E-state index contributed by atoms with van der Waals surface area (Å²) in [5, 5.41) is 15.1. The molecule has 1 aromatic heterocycles. The molecule has 3 aromatic rings. The van der Waals surface area contributed by atoms with Crippen LogP contribution in [-0.2, 0) is 23.1 Å². The van der Waals surface area contributed by atoms with Crippen LogP contribution in [0.5, 0.6) is 0 Å². The number of rotatable bonds is 7. The van der Waals surface area contributed by atoms with Gasteiger partial charge in [-0.3, -0.25) is 9.59 Å². The molecule has 0 saturated carbocycles. The Labute approximate surface area is 188 Å². The van der Waals surface area contributed by atoms with Crippen LogP contribution in [0.1, 0.15) is 11.4 Å². The summed E-state index contributed by atoms with van der Waals surface area (Å²) in [7, 11) is 1.76. The van der Waals surface area contributed by atoms with Gasteiger partial charge in [-0.2, -0.15) is 0 Å². The Morgan fingerprint density at radius 3 is 2.53 bits per heavy atom. The third kappa shape index (κ3) is 5.75. The minimum Gasteiger partial charge on any atom is -0.325 e. The van der Waals surface area contributed by atoms with Gasteiger partial charge in [-0.1, -0.05) is 53.2 Å². The van der Waals surface area contributed by atoms with Gasteiger partial charge >= 0.3 is 0 Å². The zero-order chi connectivity index (χ0) is 21.7. The van der Waals surface area contributed by atoms with Crippen molar-refractivity contribution < 1.29 is 9.59 Å². The van der Waals surface area contributed by atoms with Crippen molar-refractivity contribution in [1.82, 2.24) is 14.8 Å². The highest BCUT2D eigenvalue weighted by Gasteiger charge is 2.15. The monoisotopic (exact) mass is 463 g/mol. The standard InChI is InChI=1S/C20H19Cl2N5O2S/c1-12-5-3-4-6-16(12)24-18(28)10-17-25-26-20(27(17)2)30-11-19(29)23-13-7-8-14(21)15(22)9-13/h3-9H,10-11H2,1-2H3,(H,23,29)(H,24,28). The lowest BCUT2D eigenvalue weighted by molar-refractivity contribution is -0.116. The summed E-state index contributed by atoms with van der Waals surface area (Å²) < 4.78 is 1.70. The maximum absolute atomic E-state index is 12.3. The first-order valence-electron chi connectivity index (χ1n) is 8.95. The number of carbonyl (C=O) groups excluding carboxylic acids is 2. The number of amides is 2. The molecule has 10 heteroatoms. The first kappa shape index (κ1) is 22.1. The number of thioether (sulfide) groups is 1. The first-order chi connectivity index (χ1) is 14.3. The van der Waals surface area contributed by atoms with Gasteiger partial charge in [-0.25, -0.2) is 0 Å². The van der Waals surface area contributed by atoms with Crippen molar-refractivity contribution in [3.63, 3.8) is 0 Å². The van der Waals surface area contributed by atoms with Crippen LogP contribution in [0.15, 0.2) is 47.6 Å². The molecule has 0 unspecified atom stereocenters. The number of hydrogen-bond donors (Lipinski definition) is 2. The van der Waals surface area contributed by atoms with E-state index in [4.69, 9.17) is 23.2 Å². The van der Waals surface area contributed by atoms with Crippen LogP contribution < -0.4 is 10.6 Å². The summed E-state index contributed by atoms with van der Waals surface area (Å²) in [6, 6.07) is 12.4. The number of para-hydroxylation sites is 1. The van der Waals surface area contributed by atoms with E-state index in [1.165, 1.54) is 11.8 Å². The van der Waals surface area contributed by atoms with Gasteiger partial charge in [0.1, 0.15) is 5.82 Å². The second-order valence-corrected chi connectivity index (χ2v) is 8.22. The summed E-state index contributed by atoms with van der Waals surface area (Å²) in [5.74, 6) is 0.226. The highest BCUT2D eigenvalue weighted by atomic mass is 35.5. The molecule has 2 aromatic carbocycles. The molecule has 0 bridgehead atoms. The predicted molar refractivity (Wildman–Crippen MR) is 120 cm³/mol. The molecule has 0 aliphatic carbocycles. The molecule has 3 rings (SSSR count). The lowest BCUT2D eigenvalue weighted by Gasteiger charge is -2.08. The van der Waals surface area contributed by atoms with Crippen molar-refractivity contribution in [2.75, 3.05) is 16.4 Å². The number of aryl methyl sites for hydroxylation is 1. The van der Waals surface area contributed by atoms with Crippen LogP contribution in [0.4, 0.5) is 11.4 Å². The highest BCUT2D eigenvalue weighted by Crippen LogP contribution is 2.25. The minimum absolute atomic E-state index is 0.0772. The van der Waals surface area contributed by atoms with Gasteiger partial charge in [0.15, 0.2) is 5.16 Å². The van der Waals surface area contributed by atoms with E-state index in [9.17, 15) is 9.59 Å². The van der Waals surface area contributed by atoms with Crippen LogP contribution in [-0.4, -0.2) is 32.3 Å². The molecule has 0 fully saturated rings. The molecule has 0 spiro atoms. The second kappa shape index (κ2) is 9.97. The maximum atomic E-state index is 12.3. The summed E-state index contributed by atoms with van der Waals surface area (Å²) >= 11 is 13.0. The first-order valence-corrected chi connectivity index (χ1v) is 10.7. The number of hydrogen-bond acceptors (Lipinski definition) is 5. The molecule has 2 amide bonds. The van der Waals surface area contributed by atoms with E-state index in [0.29, 0.717) is 26.7 Å². The fourth-order valence-electron chi connectivity index (χ4n) is 2.58. The van der Waals surface area contributed by atoms with Gasteiger partial charge in [0, 0.05) is 18.4 Å². The van der Waals surface area contributed by atoms with Crippen LogP contribution in [0, 0.1) is 6.92 Å². The van der Waals surface area contributed by atoms with E-state index in [1.807, 2.05) is 31.2 Å². The lowest BCUT2D eigenvalue weighted by Crippen LogP contribution is -2.17. The third-order valence-corrected chi connectivity index (χ3v) is 5.96. The van der Waals surface area contributed by atoms with E-state index < -0.39 is 0 Å². The average molecular weight is 464 g/mol. The summed E-state index contributed by atoms with van der Waals surface area (Å²) in [6.07, 6.45) is 0.0772. The smallest absolute Gasteiger partial charge is 0.234 e. The Morgan fingerprint density at radius 1 is 1.03 bits per heavy atom. The zero-order valence-electron chi connectivity index (χ0n) is 16.3. The van der Waals surface area contributed by atoms with Gasteiger partial charge in [-0.05, 0) is 36.8 Å². The summed E-state index contributed by atoms with van der Waals surface area (Å²) in [6.45, 7) is 1.93. The lowest BCUT2D eigenvalue weighted by atomic mass is 10.2. The largest absolute Gasteiger partial charge is 0.325 e. The van der Waals surface area contributed by atoms with Crippen molar-refractivity contribution in [2.24, 2.45) is 7.05 Å². The number of nitrogens with one attached hydrogen (secondary N) is 2. The Morgan fingerprint density at radius 2 is 1.80 bits per heavy atom. The van der Waals surface area contributed by atoms with Crippen LogP contribution in [0.2, 0.25) is 10.0 Å². The summed E-state index contributed by atoms with van der Waals surface area (Å²) in [4.78, 5) is 24.5. The second-order valence-electron chi connectivity index (χ2n) is 6.46. The SMILES string of the molecule is Cc1ccccc1NC(=O)Cc1nnc(SCC(=O)Nc2ccc(Cl)c(Cl)c2)n1C. The molecule has 2 N–H and O–H groups in total. The van der Waals surface area contributed by atoms with E-state index >= 15 is 0 Å². The molecule has 1 heterocycles. The zero-order valence-corrected chi connectivity index (χ0v) is 18.6. The van der Waals surface area contributed by atoms with Crippen molar-refractivity contribution in [3.05, 3.63) is 63.9 Å². The quantitative estimate of drug-likeness (QED) is 0.508. The molecule has 0 saturated heterocycles. The van der Waals surface area contributed by atoms with Gasteiger partial charge in [0.2, 0.25) is 11.8 Å². The molecule has 7 nitrogen and oxygen atoms in total. The average Bonchev–Trinajstić information content (AvgIpc) is 3.04. The number of halogens is 2. The van der Waals surface area contributed by atoms with Crippen LogP contribution in [0.3, 0.4) is 0 Å². The fourth-order valence-corrected chi connectivity index (χ4v) is 3.60. The summed E-state index contributed by atoms with van der Waals surface area (Å²) in [5.41, 5.74) is 2.30. The van der Waals surface area contributed by atoms with E-state index in [0.717, 1.165) is 11.3 Å². The van der Waals surface area contributed by atoms with E-state index in [-0.39, 0.29) is 24.0 Å².